The number of nitrogens with zero attached hydrogens (tertiary/aromatic N) is 1. The Hall–Kier alpha value is -2.09. The van der Waals surface area contributed by atoms with Crippen molar-refractivity contribution in [1.29, 1.82) is 0 Å². The number of rotatable bonds is 2. The summed E-state index contributed by atoms with van der Waals surface area (Å²) in [6.07, 6.45) is 0. The molecule has 0 spiro atoms. The van der Waals surface area contributed by atoms with Crippen molar-refractivity contribution in [3.63, 3.8) is 0 Å². The van der Waals surface area contributed by atoms with Crippen LogP contribution < -0.4 is 9.93 Å². The molecule has 0 aromatic heterocycles. The van der Waals surface area contributed by atoms with E-state index in [9.17, 15) is 0 Å². The van der Waals surface area contributed by atoms with E-state index < -0.39 is 0 Å². The van der Waals surface area contributed by atoms with Gasteiger partial charge < -0.3 is 4.42 Å². The van der Waals surface area contributed by atoms with Crippen molar-refractivity contribution in [2.75, 3.05) is 13.1 Å². The van der Waals surface area contributed by atoms with Crippen LogP contribution in [0.15, 0.2) is 52.9 Å². The molecule has 2 aliphatic rings. The van der Waals surface area contributed by atoms with Crippen molar-refractivity contribution < 1.29 is 4.42 Å². The minimum absolute atomic E-state index is 0.937. The minimum Gasteiger partial charge on any atom is -0.456 e. The zero-order valence-electron chi connectivity index (χ0n) is 11.4. The van der Waals surface area contributed by atoms with Crippen LogP contribution in [0.2, 0.25) is 0 Å². The highest BCUT2D eigenvalue weighted by molar-refractivity contribution is 5.82. The summed E-state index contributed by atoms with van der Waals surface area (Å²) in [5, 5.41) is 2.40. The van der Waals surface area contributed by atoms with Crippen LogP contribution in [0.3, 0.4) is 0 Å². The molecular formula is C17H18NO+. The smallest absolute Gasteiger partial charge is 0.210 e. The van der Waals surface area contributed by atoms with Crippen molar-refractivity contribution in [3.05, 3.63) is 53.9 Å². The molecule has 1 aromatic carbocycles. The maximum Gasteiger partial charge on any atom is 0.210 e. The first-order valence-electron chi connectivity index (χ1n) is 6.83. The molecular weight excluding hydrogens is 234 g/mol. The van der Waals surface area contributed by atoms with Gasteiger partial charge in [-0.25, -0.2) is 4.58 Å². The average Bonchev–Trinajstić information content (AvgIpc) is 2.46. The molecule has 1 aliphatic carbocycles. The van der Waals surface area contributed by atoms with E-state index >= 15 is 0 Å². The summed E-state index contributed by atoms with van der Waals surface area (Å²) in [5.74, 6) is 0.947. The van der Waals surface area contributed by atoms with E-state index in [1.165, 1.54) is 10.9 Å². The molecule has 1 heterocycles. The van der Waals surface area contributed by atoms with Crippen LogP contribution >= 0.6 is 0 Å². The quantitative estimate of drug-likeness (QED) is 0.504. The Balaban J connectivity index is 2.44. The fourth-order valence-corrected chi connectivity index (χ4v) is 2.57. The highest BCUT2D eigenvalue weighted by atomic mass is 16.3. The average molecular weight is 252 g/mol. The summed E-state index contributed by atoms with van der Waals surface area (Å²) in [6, 6.07) is 16.6. The van der Waals surface area contributed by atoms with Gasteiger partial charge >= 0.3 is 0 Å². The van der Waals surface area contributed by atoms with Gasteiger partial charge in [0.2, 0.25) is 5.36 Å². The van der Waals surface area contributed by atoms with Crippen molar-refractivity contribution in [1.82, 2.24) is 4.58 Å². The van der Waals surface area contributed by atoms with Gasteiger partial charge in [-0.3, -0.25) is 0 Å². The van der Waals surface area contributed by atoms with Crippen molar-refractivity contribution in [2.24, 2.45) is 0 Å². The topological polar surface area (TPSA) is 16.1 Å². The number of hydrogen-bond donors (Lipinski definition) is 0. The van der Waals surface area contributed by atoms with Gasteiger partial charge in [0.05, 0.1) is 5.56 Å². The van der Waals surface area contributed by atoms with Crippen LogP contribution in [0.4, 0.5) is 0 Å². The molecule has 0 radical (unpaired) electrons. The molecule has 1 aliphatic heterocycles. The van der Waals surface area contributed by atoms with E-state index in [0.29, 0.717) is 0 Å². The lowest BCUT2D eigenvalue weighted by atomic mass is 10.1. The molecule has 96 valence electrons. The number of para-hydroxylation sites is 1. The molecule has 0 bridgehead atoms. The highest BCUT2D eigenvalue weighted by Gasteiger charge is 2.13. The van der Waals surface area contributed by atoms with E-state index in [1.807, 2.05) is 24.3 Å². The predicted molar refractivity (Wildman–Crippen MR) is 79.2 cm³/mol. The maximum atomic E-state index is 6.00. The standard InChI is InChI=1S/C17H18NO/c1-3-18(4-2)15-9-7-11-17-14(15)12-13-8-5-6-10-16(13)19-17/h5-12H,3-4H2,1-2H3/q+1. The Morgan fingerprint density at radius 1 is 0.947 bits per heavy atom. The van der Waals surface area contributed by atoms with E-state index in [1.54, 1.807) is 0 Å². The van der Waals surface area contributed by atoms with Crippen molar-refractivity contribution in [3.8, 4) is 11.3 Å². The summed E-state index contributed by atoms with van der Waals surface area (Å²) in [6.45, 7) is 6.37. The monoisotopic (exact) mass is 252 g/mol. The summed E-state index contributed by atoms with van der Waals surface area (Å²) in [5.41, 5.74) is 2.12. The normalized spacial score (nSPS) is 11.1. The zero-order chi connectivity index (χ0) is 13.2. The summed E-state index contributed by atoms with van der Waals surface area (Å²) >= 11 is 0. The number of benzene rings is 2. The Kier molecular flexibility index (Phi) is 3.08. The minimum atomic E-state index is 0.937. The summed E-state index contributed by atoms with van der Waals surface area (Å²) in [7, 11) is 0. The highest BCUT2D eigenvalue weighted by Crippen LogP contribution is 2.24. The molecule has 0 saturated heterocycles. The van der Waals surface area contributed by atoms with E-state index in [-0.39, 0.29) is 0 Å². The van der Waals surface area contributed by atoms with Crippen LogP contribution in [0.5, 0.6) is 0 Å². The van der Waals surface area contributed by atoms with Gasteiger partial charge in [-0.2, -0.15) is 0 Å². The van der Waals surface area contributed by atoms with Crippen molar-refractivity contribution >= 4 is 11.0 Å². The Morgan fingerprint density at radius 3 is 2.53 bits per heavy atom. The molecule has 0 unspecified atom stereocenters. The van der Waals surface area contributed by atoms with Gasteiger partial charge in [0.1, 0.15) is 24.4 Å². The summed E-state index contributed by atoms with van der Waals surface area (Å²) in [4.78, 5) is 0. The third-order valence-electron chi connectivity index (χ3n) is 3.59. The lowest BCUT2D eigenvalue weighted by Gasteiger charge is -2.07. The van der Waals surface area contributed by atoms with Crippen molar-refractivity contribution in [2.45, 2.75) is 13.8 Å². The molecule has 0 atom stereocenters. The fraction of sp³-hybridized carbons (Fsp3) is 0.235. The van der Waals surface area contributed by atoms with Crippen LogP contribution in [0.25, 0.3) is 22.3 Å². The van der Waals surface area contributed by atoms with Crippen LogP contribution in [-0.4, -0.2) is 13.1 Å². The van der Waals surface area contributed by atoms with Gasteiger partial charge in [-0.1, -0.05) is 24.3 Å². The first-order valence-corrected chi connectivity index (χ1v) is 6.83. The Bertz CT molecular complexity index is 749. The lowest BCUT2D eigenvalue weighted by molar-refractivity contribution is 0.603. The number of hydrogen-bond acceptors (Lipinski definition) is 1. The molecule has 3 rings (SSSR count). The van der Waals surface area contributed by atoms with E-state index in [4.69, 9.17) is 4.42 Å². The molecule has 2 heteroatoms. The van der Waals surface area contributed by atoms with Gasteiger partial charge in [0, 0.05) is 11.5 Å². The molecule has 19 heavy (non-hydrogen) atoms. The first kappa shape index (κ1) is 12.0. The molecule has 0 saturated carbocycles. The maximum absolute atomic E-state index is 6.00. The molecule has 0 N–H and O–H groups in total. The second kappa shape index (κ2) is 4.88. The van der Waals surface area contributed by atoms with Gasteiger partial charge in [0.15, 0.2) is 0 Å². The Morgan fingerprint density at radius 2 is 1.74 bits per heavy atom. The number of fused-ring (bicyclic) bond motifs is 2. The van der Waals surface area contributed by atoms with Gasteiger partial charge in [0.25, 0.3) is 0 Å². The van der Waals surface area contributed by atoms with Gasteiger partial charge in [-0.15, -0.1) is 0 Å². The van der Waals surface area contributed by atoms with Crippen LogP contribution in [0, 0.1) is 0 Å². The first-order chi connectivity index (χ1) is 9.33. The second-order valence-corrected chi connectivity index (χ2v) is 4.65. The SMILES string of the molecule is CC[N+](CC)=c1cccc2oc3ccccc3cc1-2. The molecule has 0 fully saturated rings. The van der Waals surface area contributed by atoms with E-state index in [2.05, 4.69) is 42.7 Å². The second-order valence-electron chi connectivity index (χ2n) is 4.65. The third-order valence-corrected chi connectivity index (χ3v) is 3.59. The third kappa shape index (κ3) is 2.03. The van der Waals surface area contributed by atoms with Crippen LogP contribution in [0.1, 0.15) is 13.8 Å². The Labute approximate surface area is 113 Å². The fourth-order valence-electron chi connectivity index (χ4n) is 2.57. The summed E-state index contributed by atoms with van der Waals surface area (Å²) < 4.78 is 8.35. The molecule has 0 amide bonds. The largest absolute Gasteiger partial charge is 0.456 e. The molecule has 1 aromatic rings. The lowest BCUT2D eigenvalue weighted by Crippen LogP contribution is -2.30. The predicted octanol–water partition coefficient (Wildman–Crippen LogP) is 3.35. The van der Waals surface area contributed by atoms with E-state index in [0.717, 1.165) is 29.8 Å². The zero-order valence-corrected chi connectivity index (χ0v) is 11.4. The molecule has 2 nitrogen and oxygen atoms in total. The van der Waals surface area contributed by atoms with Gasteiger partial charge in [-0.05, 0) is 32.0 Å². The van der Waals surface area contributed by atoms with Crippen LogP contribution in [-0.2, 0) is 0 Å².